The second-order valence-corrected chi connectivity index (χ2v) is 4.74. The van der Waals surface area contributed by atoms with Crippen LogP contribution in [-0.4, -0.2) is 24.0 Å². The summed E-state index contributed by atoms with van der Waals surface area (Å²) in [5.74, 6) is 0. The molecule has 5 heteroatoms. The van der Waals surface area contributed by atoms with Crippen LogP contribution in [0.4, 0.5) is 0 Å². The van der Waals surface area contributed by atoms with Crippen LogP contribution in [0.2, 0.25) is 0 Å². The van der Waals surface area contributed by atoms with Crippen LogP contribution in [-0.2, 0) is 6.54 Å². The van der Waals surface area contributed by atoms with Crippen molar-refractivity contribution in [3.63, 3.8) is 0 Å². The molecule has 0 radical (unpaired) electrons. The zero-order chi connectivity index (χ0) is 13.0. The number of rotatable bonds is 4. The van der Waals surface area contributed by atoms with Gasteiger partial charge in [-0.2, -0.15) is 0 Å². The third-order valence-corrected chi connectivity index (χ3v) is 2.90. The number of nitrogens with zero attached hydrogens (tertiary/aromatic N) is 2. The first-order valence-corrected chi connectivity index (χ1v) is 6.06. The molecule has 0 aliphatic carbocycles. The van der Waals surface area contributed by atoms with Crippen LogP contribution in [0.25, 0.3) is 0 Å². The second kappa shape index (κ2) is 8.93. The highest BCUT2D eigenvalue weighted by Crippen LogP contribution is 2.19. The molecule has 1 aromatic carbocycles. The number of pyridine rings is 1. The highest BCUT2D eigenvalue weighted by Gasteiger charge is 2.08. The quantitative estimate of drug-likeness (QED) is 0.943. The lowest BCUT2D eigenvalue weighted by Gasteiger charge is -2.14. The predicted octanol–water partition coefficient (Wildman–Crippen LogP) is 3.03. The topological polar surface area (TPSA) is 42.1 Å². The normalized spacial score (nSPS) is 11.4. The number of benzene rings is 1. The smallest absolute Gasteiger partial charge is 0.0552 e. The molecule has 0 spiro atoms. The Balaban J connectivity index is 0.00000180. The lowest BCUT2D eigenvalue weighted by atomic mass is 9.99. The number of hydrogen-bond acceptors (Lipinski definition) is 3. The Hall–Kier alpha value is -1.13. The molecular weight excluding hydrogens is 293 g/mol. The first kappa shape index (κ1) is 18.9. The zero-order valence-corrected chi connectivity index (χ0v) is 13.3. The van der Waals surface area contributed by atoms with Crippen molar-refractivity contribution in [3.8, 4) is 0 Å². The molecule has 1 atom stereocenters. The molecule has 0 bridgehead atoms. The fraction of sp³-hybridized carbons (Fsp3) is 0.267. The molecule has 0 saturated heterocycles. The Morgan fingerprint density at radius 2 is 1.45 bits per heavy atom. The maximum absolute atomic E-state index is 6.23. The Labute approximate surface area is 133 Å². The third kappa shape index (κ3) is 5.10. The number of halogens is 2. The number of aromatic nitrogens is 1. The predicted molar refractivity (Wildman–Crippen MR) is 88.6 cm³/mol. The lowest BCUT2D eigenvalue weighted by molar-refractivity contribution is 0.402. The Bertz CT molecular complexity index is 486. The Morgan fingerprint density at radius 3 is 1.95 bits per heavy atom. The Morgan fingerprint density at radius 1 is 0.950 bits per heavy atom. The van der Waals surface area contributed by atoms with Crippen LogP contribution >= 0.6 is 24.8 Å². The van der Waals surface area contributed by atoms with E-state index >= 15 is 0 Å². The molecule has 0 aliphatic rings. The molecule has 0 fully saturated rings. The minimum Gasteiger partial charge on any atom is -0.320 e. The molecule has 1 unspecified atom stereocenters. The van der Waals surface area contributed by atoms with Gasteiger partial charge in [0.15, 0.2) is 0 Å². The molecule has 0 saturated carbocycles. The van der Waals surface area contributed by atoms with Crippen molar-refractivity contribution in [2.75, 3.05) is 14.1 Å². The van der Waals surface area contributed by atoms with Gasteiger partial charge in [0.05, 0.1) is 6.04 Å². The van der Waals surface area contributed by atoms with Gasteiger partial charge in [-0.25, -0.2) is 0 Å². The van der Waals surface area contributed by atoms with Crippen molar-refractivity contribution in [1.29, 1.82) is 0 Å². The summed E-state index contributed by atoms with van der Waals surface area (Å²) in [6, 6.07) is 12.3. The van der Waals surface area contributed by atoms with Crippen molar-refractivity contribution < 1.29 is 0 Å². The summed E-state index contributed by atoms with van der Waals surface area (Å²) in [5.41, 5.74) is 9.74. The largest absolute Gasteiger partial charge is 0.320 e. The molecule has 0 aliphatic heterocycles. The van der Waals surface area contributed by atoms with Gasteiger partial charge >= 0.3 is 0 Å². The maximum atomic E-state index is 6.23. The molecule has 3 nitrogen and oxygen atoms in total. The van der Waals surface area contributed by atoms with Crippen LogP contribution in [0, 0.1) is 0 Å². The van der Waals surface area contributed by atoms with Gasteiger partial charge in [-0.05, 0) is 42.9 Å². The zero-order valence-electron chi connectivity index (χ0n) is 11.7. The van der Waals surface area contributed by atoms with Gasteiger partial charge in [0.2, 0.25) is 0 Å². The molecule has 110 valence electrons. The van der Waals surface area contributed by atoms with Gasteiger partial charge in [-0.15, -0.1) is 24.8 Å². The number of nitrogens with two attached hydrogens (primary N) is 1. The average molecular weight is 314 g/mol. The first-order valence-electron chi connectivity index (χ1n) is 6.06. The molecule has 1 heterocycles. The Kier molecular flexibility index (Phi) is 8.42. The van der Waals surface area contributed by atoms with Crippen LogP contribution in [0.3, 0.4) is 0 Å². The van der Waals surface area contributed by atoms with E-state index in [1.807, 2.05) is 12.1 Å². The van der Waals surface area contributed by atoms with E-state index in [0.717, 1.165) is 17.7 Å². The summed E-state index contributed by atoms with van der Waals surface area (Å²) in [6.45, 7) is 0.949. The highest BCUT2D eigenvalue weighted by atomic mass is 35.5. The third-order valence-electron chi connectivity index (χ3n) is 2.90. The molecule has 2 aromatic rings. The van der Waals surface area contributed by atoms with E-state index in [1.54, 1.807) is 12.4 Å². The second-order valence-electron chi connectivity index (χ2n) is 4.74. The van der Waals surface area contributed by atoms with E-state index in [9.17, 15) is 0 Å². The van der Waals surface area contributed by atoms with Gasteiger partial charge in [0.25, 0.3) is 0 Å². The maximum Gasteiger partial charge on any atom is 0.0552 e. The summed E-state index contributed by atoms with van der Waals surface area (Å²) < 4.78 is 0. The van der Waals surface area contributed by atoms with Gasteiger partial charge in [-0.1, -0.05) is 24.3 Å². The van der Waals surface area contributed by atoms with E-state index in [4.69, 9.17) is 5.73 Å². The average Bonchev–Trinajstić information content (AvgIpc) is 2.39. The summed E-state index contributed by atoms with van der Waals surface area (Å²) >= 11 is 0. The van der Waals surface area contributed by atoms with E-state index in [0.29, 0.717) is 0 Å². The van der Waals surface area contributed by atoms with Gasteiger partial charge < -0.3 is 10.6 Å². The lowest BCUT2D eigenvalue weighted by Crippen LogP contribution is -2.13. The van der Waals surface area contributed by atoms with E-state index in [1.165, 1.54) is 5.56 Å². The van der Waals surface area contributed by atoms with Crippen molar-refractivity contribution in [3.05, 3.63) is 65.5 Å². The summed E-state index contributed by atoms with van der Waals surface area (Å²) in [5, 5.41) is 0. The molecule has 2 rings (SSSR count). The molecule has 20 heavy (non-hydrogen) atoms. The van der Waals surface area contributed by atoms with Crippen molar-refractivity contribution in [1.82, 2.24) is 9.88 Å². The SMILES string of the molecule is CN(C)Cc1ccc(C(N)c2ccncc2)cc1.Cl.Cl. The van der Waals surface area contributed by atoms with E-state index in [2.05, 4.69) is 48.2 Å². The van der Waals surface area contributed by atoms with Gasteiger partial charge in [0.1, 0.15) is 0 Å². The summed E-state index contributed by atoms with van der Waals surface area (Å²) in [4.78, 5) is 6.16. The minimum absolute atomic E-state index is 0. The van der Waals surface area contributed by atoms with Gasteiger partial charge in [-0.3, -0.25) is 4.98 Å². The molecule has 0 amide bonds. The van der Waals surface area contributed by atoms with E-state index < -0.39 is 0 Å². The summed E-state index contributed by atoms with van der Waals surface area (Å²) in [6.07, 6.45) is 3.55. The monoisotopic (exact) mass is 313 g/mol. The highest BCUT2D eigenvalue weighted by molar-refractivity contribution is 5.85. The summed E-state index contributed by atoms with van der Waals surface area (Å²) in [7, 11) is 4.13. The molecule has 1 aromatic heterocycles. The molecule has 2 N–H and O–H groups in total. The standard InChI is InChI=1S/C15H19N3.2ClH/c1-18(2)11-12-3-5-13(6-4-12)15(16)14-7-9-17-10-8-14;;/h3-10,15H,11,16H2,1-2H3;2*1H. The van der Waals surface area contributed by atoms with Crippen molar-refractivity contribution in [2.24, 2.45) is 5.73 Å². The number of hydrogen-bond donors (Lipinski definition) is 1. The first-order chi connectivity index (χ1) is 8.66. The minimum atomic E-state index is -0.0820. The van der Waals surface area contributed by atoms with Crippen LogP contribution in [0.1, 0.15) is 22.7 Å². The van der Waals surface area contributed by atoms with Crippen LogP contribution < -0.4 is 5.73 Å². The van der Waals surface area contributed by atoms with E-state index in [-0.39, 0.29) is 30.9 Å². The van der Waals surface area contributed by atoms with Crippen LogP contribution in [0.15, 0.2) is 48.8 Å². The molecular formula is C15H21Cl2N3. The fourth-order valence-corrected chi connectivity index (χ4v) is 1.96. The van der Waals surface area contributed by atoms with Crippen molar-refractivity contribution in [2.45, 2.75) is 12.6 Å². The van der Waals surface area contributed by atoms with Crippen LogP contribution in [0.5, 0.6) is 0 Å². The van der Waals surface area contributed by atoms with Gasteiger partial charge in [0, 0.05) is 18.9 Å². The van der Waals surface area contributed by atoms with Crippen molar-refractivity contribution >= 4 is 24.8 Å². The fourth-order valence-electron chi connectivity index (χ4n) is 1.96.